The summed E-state index contributed by atoms with van der Waals surface area (Å²) in [6, 6.07) is 7.68. The Bertz CT molecular complexity index is 632. The highest BCUT2D eigenvalue weighted by Crippen LogP contribution is 2.19. The van der Waals surface area contributed by atoms with Crippen molar-refractivity contribution < 1.29 is 14.3 Å². The van der Waals surface area contributed by atoms with Crippen LogP contribution in [0.5, 0.6) is 5.75 Å². The highest BCUT2D eigenvalue weighted by atomic mass is 16.5. The molecule has 0 radical (unpaired) electrons. The number of imidazole rings is 1. The monoisotopic (exact) mass is 289 g/mol. The van der Waals surface area contributed by atoms with Crippen molar-refractivity contribution in [1.82, 2.24) is 9.55 Å². The summed E-state index contributed by atoms with van der Waals surface area (Å²) in [6.45, 7) is 2.51. The van der Waals surface area contributed by atoms with E-state index in [-0.39, 0.29) is 5.69 Å². The molecule has 6 heteroatoms. The van der Waals surface area contributed by atoms with Gasteiger partial charge in [-0.2, -0.15) is 0 Å². The summed E-state index contributed by atoms with van der Waals surface area (Å²) >= 11 is 0. The van der Waals surface area contributed by atoms with Crippen LogP contribution in [-0.2, 0) is 17.7 Å². The third-order valence-corrected chi connectivity index (χ3v) is 3.28. The number of rotatable bonds is 5. The Morgan fingerprint density at radius 1 is 1.29 bits per heavy atom. The van der Waals surface area contributed by atoms with E-state index in [1.54, 1.807) is 7.11 Å². The molecule has 1 aromatic carbocycles. The summed E-state index contributed by atoms with van der Waals surface area (Å²) in [5.74, 6) is 1.36. The van der Waals surface area contributed by atoms with Gasteiger partial charge in [-0.1, -0.05) is 19.1 Å². The lowest BCUT2D eigenvalue weighted by Crippen LogP contribution is -2.10. The number of methoxy groups -OCH3 is 2. The van der Waals surface area contributed by atoms with E-state index in [0.717, 1.165) is 17.1 Å². The van der Waals surface area contributed by atoms with Crippen LogP contribution in [0.4, 0.5) is 5.82 Å². The first kappa shape index (κ1) is 14.9. The van der Waals surface area contributed by atoms with Crippen molar-refractivity contribution >= 4 is 11.8 Å². The second-order valence-electron chi connectivity index (χ2n) is 4.54. The third-order valence-electron chi connectivity index (χ3n) is 3.28. The summed E-state index contributed by atoms with van der Waals surface area (Å²) in [5, 5.41) is 0. The molecule has 2 N–H and O–H groups in total. The van der Waals surface area contributed by atoms with E-state index in [9.17, 15) is 4.79 Å². The van der Waals surface area contributed by atoms with Crippen LogP contribution < -0.4 is 10.5 Å². The topological polar surface area (TPSA) is 79.4 Å². The zero-order chi connectivity index (χ0) is 15.4. The van der Waals surface area contributed by atoms with Gasteiger partial charge in [0.05, 0.1) is 20.8 Å². The molecule has 0 aliphatic carbocycles. The fourth-order valence-corrected chi connectivity index (χ4v) is 2.12. The van der Waals surface area contributed by atoms with E-state index < -0.39 is 5.97 Å². The van der Waals surface area contributed by atoms with Gasteiger partial charge in [-0.25, -0.2) is 9.78 Å². The second kappa shape index (κ2) is 6.30. The molecular formula is C15H19N3O3. The maximum Gasteiger partial charge on any atom is 0.360 e. The van der Waals surface area contributed by atoms with Crippen LogP contribution in [0.25, 0.3) is 0 Å². The van der Waals surface area contributed by atoms with Gasteiger partial charge in [0.1, 0.15) is 17.4 Å². The van der Waals surface area contributed by atoms with Crippen molar-refractivity contribution in [2.45, 2.75) is 19.9 Å². The highest BCUT2D eigenvalue weighted by Gasteiger charge is 2.20. The SMILES string of the molecule is CCc1nc(C(=O)OC)c(N)n1Cc1ccc(OC)cc1. The van der Waals surface area contributed by atoms with Gasteiger partial charge < -0.3 is 19.8 Å². The van der Waals surface area contributed by atoms with Crippen LogP contribution in [0.3, 0.4) is 0 Å². The van der Waals surface area contributed by atoms with Crippen LogP contribution in [0, 0.1) is 0 Å². The Balaban J connectivity index is 2.33. The van der Waals surface area contributed by atoms with Crippen LogP contribution in [0.15, 0.2) is 24.3 Å². The Morgan fingerprint density at radius 3 is 2.48 bits per heavy atom. The number of aryl methyl sites for hydroxylation is 1. The largest absolute Gasteiger partial charge is 0.497 e. The molecule has 0 saturated heterocycles. The summed E-state index contributed by atoms with van der Waals surface area (Å²) < 4.78 is 11.7. The number of nitrogen functional groups attached to an aromatic ring is 1. The average molecular weight is 289 g/mol. The Labute approximate surface area is 123 Å². The molecule has 0 spiro atoms. The molecule has 112 valence electrons. The lowest BCUT2D eigenvalue weighted by molar-refractivity contribution is 0.0595. The molecule has 0 aliphatic heterocycles. The summed E-state index contributed by atoms with van der Waals surface area (Å²) in [7, 11) is 2.94. The van der Waals surface area contributed by atoms with E-state index in [2.05, 4.69) is 4.98 Å². The number of anilines is 1. The number of benzene rings is 1. The van der Waals surface area contributed by atoms with E-state index in [0.29, 0.717) is 18.8 Å². The molecule has 2 aromatic rings. The van der Waals surface area contributed by atoms with Crippen molar-refractivity contribution in [3.05, 3.63) is 41.3 Å². The number of carbonyl (C=O) groups is 1. The summed E-state index contributed by atoms with van der Waals surface area (Å²) in [4.78, 5) is 15.9. The van der Waals surface area contributed by atoms with Crippen molar-refractivity contribution in [2.24, 2.45) is 0 Å². The number of hydrogen-bond donors (Lipinski definition) is 1. The molecule has 6 nitrogen and oxygen atoms in total. The minimum Gasteiger partial charge on any atom is -0.497 e. The number of aromatic nitrogens is 2. The van der Waals surface area contributed by atoms with Crippen molar-refractivity contribution in [1.29, 1.82) is 0 Å². The molecule has 21 heavy (non-hydrogen) atoms. The van der Waals surface area contributed by atoms with E-state index in [1.807, 2.05) is 35.8 Å². The predicted molar refractivity (Wildman–Crippen MR) is 79.5 cm³/mol. The van der Waals surface area contributed by atoms with Crippen LogP contribution in [-0.4, -0.2) is 29.7 Å². The minimum absolute atomic E-state index is 0.169. The Kier molecular flexibility index (Phi) is 4.47. The number of nitrogens with zero attached hydrogens (tertiary/aromatic N) is 2. The van der Waals surface area contributed by atoms with Crippen LogP contribution >= 0.6 is 0 Å². The van der Waals surface area contributed by atoms with Crippen LogP contribution in [0.2, 0.25) is 0 Å². The lowest BCUT2D eigenvalue weighted by atomic mass is 10.2. The highest BCUT2D eigenvalue weighted by molar-refractivity contribution is 5.92. The number of carbonyl (C=O) groups excluding carboxylic acids is 1. The number of nitrogens with two attached hydrogens (primary N) is 1. The first-order chi connectivity index (χ1) is 10.1. The third kappa shape index (κ3) is 2.99. The lowest BCUT2D eigenvalue weighted by Gasteiger charge is -2.09. The van der Waals surface area contributed by atoms with Gasteiger partial charge in [0.2, 0.25) is 0 Å². The standard InChI is InChI=1S/C15H19N3O3/c1-4-12-17-13(15(19)21-3)14(16)18(12)9-10-5-7-11(20-2)8-6-10/h5-8H,4,9,16H2,1-3H3. The summed E-state index contributed by atoms with van der Waals surface area (Å²) in [5.41, 5.74) is 7.25. The molecule has 0 unspecified atom stereocenters. The molecule has 1 aromatic heterocycles. The zero-order valence-electron chi connectivity index (χ0n) is 12.4. The molecule has 0 fully saturated rings. The van der Waals surface area contributed by atoms with Gasteiger partial charge in [-0.05, 0) is 17.7 Å². The van der Waals surface area contributed by atoms with Gasteiger partial charge >= 0.3 is 5.97 Å². The second-order valence-corrected chi connectivity index (χ2v) is 4.54. The van der Waals surface area contributed by atoms with Crippen molar-refractivity contribution in [2.75, 3.05) is 20.0 Å². The number of esters is 1. The smallest absolute Gasteiger partial charge is 0.360 e. The fraction of sp³-hybridized carbons (Fsp3) is 0.333. The first-order valence-corrected chi connectivity index (χ1v) is 6.66. The molecule has 0 amide bonds. The van der Waals surface area contributed by atoms with Gasteiger partial charge in [0.25, 0.3) is 0 Å². The average Bonchev–Trinajstić information content (AvgIpc) is 2.84. The van der Waals surface area contributed by atoms with Crippen LogP contribution in [0.1, 0.15) is 28.8 Å². The number of ether oxygens (including phenoxy) is 2. The maximum absolute atomic E-state index is 11.7. The van der Waals surface area contributed by atoms with Crippen molar-refractivity contribution in [3.8, 4) is 5.75 Å². The van der Waals surface area contributed by atoms with Gasteiger partial charge in [-0.15, -0.1) is 0 Å². The van der Waals surface area contributed by atoms with E-state index >= 15 is 0 Å². The molecule has 1 heterocycles. The summed E-state index contributed by atoms with van der Waals surface area (Å²) in [6.07, 6.45) is 0.678. The Hall–Kier alpha value is -2.50. The van der Waals surface area contributed by atoms with Gasteiger partial charge in [0, 0.05) is 6.42 Å². The number of hydrogen-bond acceptors (Lipinski definition) is 5. The van der Waals surface area contributed by atoms with E-state index in [4.69, 9.17) is 15.2 Å². The van der Waals surface area contributed by atoms with Crippen molar-refractivity contribution in [3.63, 3.8) is 0 Å². The fourth-order valence-electron chi connectivity index (χ4n) is 2.12. The molecule has 0 atom stereocenters. The molecule has 2 rings (SSSR count). The first-order valence-electron chi connectivity index (χ1n) is 6.66. The predicted octanol–water partition coefficient (Wildman–Crippen LogP) is 1.87. The quantitative estimate of drug-likeness (QED) is 0.850. The zero-order valence-corrected chi connectivity index (χ0v) is 12.4. The minimum atomic E-state index is -0.518. The Morgan fingerprint density at radius 2 is 1.95 bits per heavy atom. The van der Waals surface area contributed by atoms with Gasteiger partial charge in [0.15, 0.2) is 5.69 Å². The molecule has 0 aliphatic rings. The van der Waals surface area contributed by atoms with Gasteiger partial charge in [-0.3, -0.25) is 0 Å². The maximum atomic E-state index is 11.7. The molecule has 0 saturated carbocycles. The molecule has 0 bridgehead atoms. The van der Waals surface area contributed by atoms with E-state index in [1.165, 1.54) is 7.11 Å². The molecular weight excluding hydrogens is 270 g/mol. The normalized spacial score (nSPS) is 10.4.